The third-order valence-corrected chi connectivity index (χ3v) is 3.07. The Bertz CT molecular complexity index is 475. The molecule has 1 unspecified atom stereocenters. The number of aromatic nitrogens is 2. The molecule has 2 aromatic heterocycles. The summed E-state index contributed by atoms with van der Waals surface area (Å²) in [6, 6.07) is 2.43. The summed E-state index contributed by atoms with van der Waals surface area (Å²) < 4.78 is 38.5. The maximum atomic E-state index is 12.4. The Kier molecular flexibility index (Phi) is 3.21. The molecule has 0 fully saturated rings. The van der Waals surface area contributed by atoms with Crippen molar-refractivity contribution in [3.63, 3.8) is 0 Å². The van der Waals surface area contributed by atoms with Gasteiger partial charge in [0.25, 0.3) is 0 Å². The number of rotatable bonds is 3. The summed E-state index contributed by atoms with van der Waals surface area (Å²) in [4.78, 5) is 0. The van der Waals surface area contributed by atoms with E-state index in [9.17, 15) is 13.2 Å². The summed E-state index contributed by atoms with van der Waals surface area (Å²) in [6.07, 6.45) is -3.11. The first-order valence-corrected chi connectivity index (χ1v) is 5.81. The van der Waals surface area contributed by atoms with Crippen LogP contribution in [-0.4, -0.2) is 16.3 Å². The lowest BCUT2D eigenvalue weighted by atomic mass is 10.1. The summed E-state index contributed by atoms with van der Waals surface area (Å²) in [5.41, 5.74) is 5.55. The SMILES string of the molecule is NCC(c1ccsc1)n1ccc(C(F)(F)F)n1. The van der Waals surface area contributed by atoms with E-state index in [1.54, 1.807) is 0 Å². The second kappa shape index (κ2) is 4.50. The number of thiophene rings is 1. The Morgan fingerprint density at radius 2 is 2.18 bits per heavy atom. The van der Waals surface area contributed by atoms with Crippen LogP contribution in [-0.2, 0) is 6.18 Å². The lowest BCUT2D eigenvalue weighted by molar-refractivity contribution is -0.141. The van der Waals surface area contributed by atoms with E-state index in [4.69, 9.17) is 5.73 Å². The molecule has 0 aliphatic rings. The number of hydrogen-bond acceptors (Lipinski definition) is 3. The molecule has 0 aliphatic heterocycles. The van der Waals surface area contributed by atoms with Crippen LogP contribution < -0.4 is 5.73 Å². The van der Waals surface area contributed by atoms with E-state index < -0.39 is 11.9 Å². The van der Waals surface area contributed by atoms with Crippen LogP contribution in [0.15, 0.2) is 29.1 Å². The maximum absolute atomic E-state index is 12.4. The van der Waals surface area contributed by atoms with Crippen molar-refractivity contribution in [3.8, 4) is 0 Å². The van der Waals surface area contributed by atoms with E-state index in [0.29, 0.717) is 0 Å². The van der Waals surface area contributed by atoms with E-state index in [-0.39, 0.29) is 12.6 Å². The van der Waals surface area contributed by atoms with Gasteiger partial charge in [0.2, 0.25) is 0 Å². The van der Waals surface area contributed by atoms with Crippen LogP contribution in [0.2, 0.25) is 0 Å². The Morgan fingerprint density at radius 1 is 1.41 bits per heavy atom. The van der Waals surface area contributed by atoms with Gasteiger partial charge in [0.1, 0.15) is 0 Å². The zero-order valence-corrected chi connectivity index (χ0v) is 9.50. The largest absolute Gasteiger partial charge is 0.435 e. The molecule has 0 aliphatic carbocycles. The van der Waals surface area contributed by atoms with Gasteiger partial charge >= 0.3 is 6.18 Å². The Balaban J connectivity index is 2.30. The quantitative estimate of drug-likeness (QED) is 0.922. The molecule has 0 saturated heterocycles. The van der Waals surface area contributed by atoms with Gasteiger partial charge in [-0.3, -0.25) is 4.68 Å². The summed E-state index contributed by atoms with van der Waals surface area (Å²) in [7, 11) is 0. The molecule has 0 amide bonds. The number of nitrogens with two attached hydrogens (primary N) is 1. The molecule has 0 saturated carbocycles. The topological polar surface area (TPSA) is 43.8 Å². The first-order valence-electron chi connectivity index (χ1n) is 4.87. The van der Waals surface area contributed by atoms with Crippen LogP contribution >= 0.6 is 11.3 Å². The van der Waals surface area contributed by atoms with Gasteiger partial charge in [-0.05, 0) is 28.5 Å². The molecule has 2 heterocycles. The summed E-state index contributed by atoms with van der Waals surface area (Å²) in [5, 5.41) is 7.23. The average Bonchev–Trinajstić information content (AvgIpc) is 2.87. The van der Waals surface area contributed by atoms with Crippen molar-refractivity contribution in [2.45, 2.75) is 12.2 Å². The summed E-state index contributed by atoms with van der Waals surface area (Å²) in [5.74, 6) is 0. The first kappa shape index (κ1) is 12.1. The lowest BCUT2D eigenvalue weighted by Gasteiger charge is -2.14. The monoisotopic (exact) mass is 261 g/mol. The number of halogens is 3. The second-order valence-corrected chi connectivity index (χ2v) is 4.27. The van der Waals surface area contributed by atoms with E-state index in [0.717, 1.165) is 11.6 Å². The molecule has 2 rings (SSSR count). The van der Waals surface area contributed by atoms with Gasteiger partial charge in [0.05, 0.1) is 6.04 Å². The van der Waals surface area contributed by atoms with E-state index in [1.165, 1.54) is 22.2 Å². The Hall–Kier alpha value is -1.34. The first-order chi connectivity index (χ1) is 8.02. The molecule has 1 atom stereocenters. The van der Waals surface area contributed by atoms with Crippen LogP contribution in [0.3, 0.4) is 0 Å². The van der Waals surface area contributed by atoms with Gasteiger partial charge in [-0.15, -0.1) is 0 Å². The van der Waals surface area contributed by atoms with Crippen molar-refractivity contribution in [2.24, 2.45) is 5.73 Å². The van der Waals surface area contributed by atoms with Crippen molar-refractivity contribution in [1.82, 2.24) is 9.78 Å². The number of hydrogen-bond donors (Lipinski definition) is 1. The Morgan fingerprint density at radius 3 is 2.65 bits per heavy atom. The third kappa shape index (κ3) is 2.50. The summed E-state index contributed by atoms with van der Waals surface area (Å²) in [6.45, 7) is 0.204. The fraction of sp³-hybridized carbons (Fsp3) is 0.300. The molecule has 7 heteroatoms. The second-order valence-electron chi connectivity index (χ2n) is 3.49. The van der Waals surface area contributed by atoms with Gasteiger partial charge < -0.3 is 5.73 Å². The zero-order chi connectivity index (χ0) is 12.5. The minimum absolute atomic E-state index is 0.204. The number of alkyl halides is 3. The van der Waals surface area contributed by atoms with Gasteiger partial charge in [-0.1, -0.05) is 0 Å². The van der Waals surface area contributed by atoms with E-state index in [2.05, 4.69) is 5.10 Å². The molecule has 92 valence electrons. The molecule has 0 bridgehead atoms. The van der Waals surface area contributed by atoms with Gasteiger partial charge in [-0.2, -0.15) is 29.6 Å². The van der Waals surface area contributed by atoms with E-state index >= 15 is 0 Å². The van der Waals surface area contributed by atoms with Gasteiger partial charge in [0, 0.05) is 12.7 Å². The fourth-order valence-electron chi connectivity index (χ4n) is 1.52. The third-order valence-electron chi connectivity index (χ3n) is 2.37. The van der Waals surface area contributed by atoms with Crippen molar-refractivity contribution in [2.75, 3.05) is 6.54 Å². The molecular weight excluding hydrogens is 251 g/mol. The molecular formula is C10H10F3N3S. The predicted octanol–water partition coefficient (Wildman–Crippen LogP) is 2.51. The molecule has 2 N–H and O–H groups in total. The van der Waals surface area contributed by atoms with Crippen molar-refractivity contribution in [3.05, 3.63) is 40.3 Å². The normalized spacial score (nSPS) is 13.9. The van der Waals surface area contributed by atoms with E-state index in [1.807, 2.05) is 16.8 Å². The van der Waals surface area contributed by atoms with Crippen molar-refractivity contribution >= 4 is 11.3 Å². The van der Waals surface area contributed by atoms with Crippen LogP contribution in [0.5, 0.6) is 0 Å². The van der Waals surface area contributed by atoms with Crippen LogP contribution in [0.4, 0.5) is 13.2 Å². The smallest absolute Gasteiger partial charge is 0.328 e. The van der Waals surface area contributed by atoms with Crippen LogP contribution in [0.1, 0.15) is 17.3 Å². The highest BCUT2D eigenvalue weighted by Gasteiger charge is 2.34. The molecule has 17 heavy (non-hydrogen) atoms. The fourth-order valence-corrected chi connectivity index (χ4v) is 2.23. The highest BCUT2D eigenvalue weighted by atomic mass is 32.1. The molecule has 0 radical (unpaired) electrons. The molecule has 0 aromatic carbocycles. The molecule has 0 spiro atoms. The predicted molar refractivity (Wildman–Crippen MR) is 58.7 cm³/mol. The summed E-state index contributed by atoms with van der Waals surface area (Å²) >= 11 is 1.47. The highest BCUT2D eigenvalue weighted by Crippen LogP contribution is 2.28. The van der Waals surface area contributed by atoms with Gasteiger partial charge in [0.15, 0.2) is 5.69 Å². The van der Waals surface area contributed by atoms with Crippen LogP contribution in [0.25, 0.3) is 0 Å². The van der Waals surface area contributed by atoms with Crippen molar-refractivity contribution < 1.29 is 13.2 Å². The maximum Gasteiger partial charge on any atom is 0.435 e. The highest BCUT2D eigenvalue weighted by molar-refractivity contribution is 7.07. The Labute approximate surface area is 99.7 Å². The number of nitrogens with zero attached hydrogens (tertiary/aromatic N) is 2. The van der Waals surface area contributed by atoms with Crippen molar-refractivity contribution in [1.29, 1.82) is 0 Å². The molecule has 2 aromatic rings. The standard InChI is InChI=1S/C10H10F3N3S/c11-10(12,13)9-1-3-16(15-9)8(5-14)7-2-4-17-6-7/h1-4,6,8H,5,14H2. The van der Waals surface area contributed by atoms with Gasteiger partial charge in [-0.25, -0.2) is 0 Å². The van der Waals surface area contributed by atoms with Crippen LogP contribution in [0, 0.1) is 0 Å². The minimum Gasteiger partial charge on any atom is -0.328 e. The molecule has 3 nitrogen and oxygen atoms in total. The lowest BCUT2D eigenvalue weighted by Crippen LogP contribution is -2.21. The zero-order valence-electron chi connectivity index (χ0n) is 8.69. The average molecular weight is 261 g/mol. The minimum atomic E-state index is -4.42.